The molecule has 0 bridgehead atoms. The Labute approximate surface area is 97.4 Å². The maximum Gasteiger partial charge on any atom is 0.227 e. The normalized spacial score (nSPS) is 22.8. The highest BCUT2D eigenvalue weighted by molar-refractivity contribution is 5.83. The molecule has 16 heavy (non-hydrogen) atoms. The lowest BCUT2D eigenvalue weighted by molar-refractivity contribution is -0.138. The number of rotatable bonds is 3. The molecule has 0 saturated carbocycles. The number of piperidine rings is 1. The lowest BCUT2D eigenvalue weighted by Gasteiger charge is -2.32. The smallest absolute Gasteiger partial charge is 0.227 e. The van der Waals surface area contributed by atoms with Crippen LogP contribution in [-0.4, -0.2) is 36.3 Å². The van der Waals surface area contributed by atoms with Crippen molar-refractivity contribution in [3.05, 3.63) is 0 Å². The Morgan fingerprint density at radius 3 is 2.50 bits per heavy atom. The van der Waals surface area contributed by atoms with Gasteiger partial charge in [-0.15, -0.1) is 0 Å². The largest absolute Gasteiger partial charge is 0.355 e. The fraction of sp³-hybridized carbons (Fsp3) is 0.833. The summed E-state index contributed by atoms with van der Waals surface area (Å²) in [5.41, 5.74) is 0. The fourth-order valence-electron chi connectivity index (χ4n) is 1.88. The van der Waals surface area contributed by atoms with Crippen molar-refractivity contribution in [3.63, 3.8) is 0 Å². The average molecular weight is 226 g/mol. The maximum atomic E-state index is 12.1. The monoisotopic (exact) mass is 226 g/mol. The van der Waals surface area contributed by atoms with Gasteiger partial charge in [-0.25, -0.2) is 0 Å². The van der Waals surface area contributed by atoms with Gasteiger partial charge in [0.25, 0.3) is 0 Å². The topological polar surface area (TPSA) is 49.4 Å². The van der Waals surface area contributed by atoms with Crippen LogP contribution in [-0.2, 0) is 9.59 Å². The van der Waals surface area contributed by atoms with Gasteiger partial charge in [-0.05, 0) is 19.3 Å². The molecule has 92 valence electrons. The van der Waals surface area contributed by atoms with E-state index < -0.39 is 0 Å². The van der Waals surface area contributed by atoms with Crippen LogP contribution < -0.4 is 5.32 Å². The maximum absolute atomic E-state index is 12.1. The first-order valence-electron chi connectivity index (χ1n) is 5.96. The van der Waals surface area contributed by atoms with Crippen LogP contribution in [0.4, 0.5) is 0 Å². The third-order valence-electron chi connectivity index (χ3n) is 3.54. The quantitative estimate of drug-likeness (QED) is 0.781. The van der Waals surface area contributed by atoms with E-state index in [1.807, 2.05) is 11.9 Å². The van der Waals surface area contributed by atoms with Crippen LogP contribution in [0.25, 0.3) is 0 Å². The molecule has 2 amide bonds. The number of hydrogen-bond donors (Lipinski definition) is 1. The van der Waals surface area contributed by atoms with Crippen molar-refractivity contribution in [2.24, 2.45) is 11.8 Å². The second kappa shape index (κ2) is 5.32. The van der Waals surface area contributed by atoms with Gasteiger partial charge in [0.2, 0.25) is 11.8 Å². The molecule has 0 radical (unpaired) electrons. The summed E-state index contributed by atoms with van der Waals surface area (Å²) in [6.45, 7) is 6.77. The molecule has 0 aliphatic carbocycles. The highest BCUT2D eigenvalue weighted by Crippen LogP contribution is 2.17. The second-order valence-electron chi connectivity index (χ2n) is 4.97. The zero-order valence-electron chi connectivity index (χ0n) is 10.6. The van der Waals surface area contributed by atoms with E-state index in [2.05, 4.69) is 26.1 Å². The van der Waals surface area contributed by atoms with E-state index in [-0.39, 0.29) is 23.8 Å². The Kier molecular flexibility index (Phi) is 4.33. The summed E-state index contributed by atoms with van der Waals surface area (Å²) in [4.78, 5) is 24.9. The molecule has 0 aromatic rings. The summed E-state index contributed by atoms with van der Waals surface area (Å²) in [6.07, 6.45) is 1.15. The lowest BCUT2D eigenvalue weighted by atomic mass is 9.96. The highest BCUT2D eigenvalue weighted by atomic mass is 16.2. The van der Waals surface area contributed by atoms with Gasteiger partial charge in [-0.1, -0.05) is 13.8 Å². The molecular formula is C12H22N2O2. The first-order valence-corrected chi connectivity index (χ1v) is 5.96. The molecule has 1 rings (SSSR count). The third-order valence-corrected chi connectivity index (χ3v) is 3.54. The first kappa shape index (κ1) is 13.0. The van der Waals surface area contributed by atoms with Crippen molar-refractivity contribution in [2.75, 3.05) is 13.6 Å². The standard InChI is InChI=1S/C12H22N2O2/c1-8(2)9(3)14(4)12(16)10-5-6-11(15)13-7-10/h8-10H,5-7H2,1-4H3,(H,13,15). The highest BCUT2D eigenvalue weighted by Gasteiger charge is 2.29. The SMILES string of the molecule is CC(C)C(C)N(C)C(=O)C1CCC(=O)NC1. The molecule has 1 N–H and O–H groups in total. The average Bonchev–Trinajstić information content (AvgIpc) is 2.27. The first-order chi connectivity index (χ1) is 7.43. The van der Waals surface area contributed by atoms with Crippen molar-refractivity contribution in [3.8, 4) is 0 Å². The van der Waals surface area contributed by atoms with Crippen LogP contribution in [0.2, 0.25) is 0 Å². The van der Waals surface area contributed by atoms with Crippen molar-refractivity contribution in [2.45, 2.75) is 39.7 Å². The number of carbonyl (C=O) groups excluding carboxylic acids is 2. The van der Waals surface area contributed by atoms with Crippen molar-refractivity contribution < 1.29 is 9.59 Å². The molecule has 4 nitrogen and oxygen atoms in total. The molecule has 1 aliphatic rings. The predicted octanol–water partition coefficient (Wildman–Crippen LogP) is 1.02. The Balaban J connectivity index is 2.53. The number of hydrogen-bond acceptors (Lipinski definition) is 2. The Morgan fingerprint density at radius 1 is 1.44 bits per heavy atom. The molecule has 0 aromatic carbocycles. The number of carbonyl (C=O) groups is 2. The second-order valence-corrected chi connectivity index (χ2v) is 4.97. The molecule has 1 saturated heterocycles. The van der Waals surface area contributed by atoms with Gasteiger partial charge in [0, 0.05) is 26.1 Å². The summed E-state index contributed by atoms with van der Waals surface area (Å²) >= 11 is 0. The van der Waals surface area contributed by atoms with E-state index in [1.165, 1.54) is 0 Å². The molecule has 2 atom stereocenters. The van der Waals surface area contributed by atoms with Crippen LogP contribution in [0.15, 0.2) is 0 Å². The number of nitrogens with zero attached hydrogens (tertiary/aromatic N) is 1. The summed E-state index contributed by atoms with van der Waals surface area (Å²) in [5.74, 6) is 0.626. The molecule has 4 heteroatoms. The molecule has 0 spiro atoms. The minimum Gasteiger partial charge on any atom is -0.355 e. The minimum atomic E-state index is -0.0381. The molecule has 0 aromatic heterocycles. The van der Waals surface area contributed by atoms with Gasteiger partial charge < -0.3 is 10.2 Å². The van der Waals surface area contributed by atoms with E-state index in [4.69, 9.17) is 0 Å². The molecule has 1 heterocycles. The van der Waals surface area contributed by atoms with Crippen molar-refractivity contribution in [1.82, 2.24) is 10.2 Å². The predicted molar refractivity (Wildman–Crippen MR) is 62.8 cm³/mol. The van der Waals surface area contributed by atoms with E-state index in [1.54, 1.807) is 0 Å². The summed E-state index contributed by atoms with van der Waals surface area (Å²) < 4.78 is 0. The van der Waals surface area contributed by atoms with Gasteiger partial charge >= 0.3 is 0 Å². The Bertz CT molecular complexity index is 266. The van der Waals surface area contributed by atoms with Gasteiger partial charge in [-0.2, -0.15) is 0 Å². The van der Waals surface area contributed by atoms with Gasteiger partial charge in [0.15, 0.2) is 0 Å². The number of nitrogens with one attached hydrogen (secondary N) is 1. The van der Waals surface area contributed by atoms with Gasteiger partial charge in [0.1, 0.15) is 0 Å². The molecule has 1 fully saturated rings. The zero-order valence-corrected chi connectivity index (χ0v) is 10.6. The van der Waals surface area contributed by atoms with E-state index in [0.29, 0.717) is 25.3 Å². The summed E-state index contributed by atoms with van der Waals surface area (Å²) in [5, 5.41) is 2.75. The Morgan fingerprint density at radius 2 is 2.06 bits per heavy atom. The molecule has 2 unspecified atom stereocenters. The summed E-state index contributed by atoms with van der Waals surface area (Å²) in [6, 6.07) is 0.241. The van der Waals surface area contributed by atoms with Crippen LogP contribution in [0.5, 0.6) is 0 Å². The van der Waals surface area contributed by atoms with Crippen LogP contribution in [0, 0.1) is 11.8 Å². The van der Waals surface area contributed by atoms with Crippen LogP contribution >= 0.6 is 0 Å². The lowest BCUT2D eigenvalue weighted by Crippen LogP contribution is -2.47. The van der Waals surface area contributed by atoms with E-state index in [9.17, 15) is 9.59 Å². The van der Waals surface area contributed by atoms with Crippen LogP contribution in [0.3, 0.4) is 0 Å². The van der Waals surface area contributed by atoms with Gasteiger partial charge in [0.05, 0.1) is 5.92 Å². The third kappa shape index (κ3) is 2.97. The van der Waals surface area contributed by atoms with E-state index >= 15 is 0 Å². The zero-order chi connectivity index (χ0) is 12.3. The molecular weight excluding hydrogens is 204 g/mol. The fourth-order valence-corrected chi connectivity index (χ4v) is 1.88. The summed E-state index contributed by atoms with van der Waals surface area (Å²) in [7, 11) is 1.85. The van der Waals surface area contributed by atoms with E-state index in [0.717, 1.165) is 0 Å². The number of amides is 2. The van der Waals surface area contributed by atoms with Gasteiger partial charge in [-0.3, -0.25) is 9.59 Å². The minimum absolute atomic E-state index is 0.0381. The molecule has 1 aliphatic heterocycles. The van der Waals surface area contributed by atoms with Crippen molar-refractivity contribution in [1.29, 1.82) is 0 Å². The van der Waals surface area contributed by atoms with Crippen LogP contribution in [0.1, 0.15) is 33.6 Å². The Hall–Kier alpha value is -1.06. The van der Waals surface area contributed by atoms with Crippen molar-refractivity contribution >= 4 is 11.8 Å².